The molecule has 0 heterocycles. The molecule has 0 aliphatic carbocycles. The fourth-order valence-electron chi connectivity index (χ4n) is 1.68. The number of hydrogen-bond acceptors (Lipinski definition) is 6. The number of nitro benzene ring substituents is 1. The first-order valence-corrected chi connectivity index (χ1v) is 5.49. The summed E-state index contributed by atoms with van der Waals surface area (Å²) in [5.74, 6) is 0. The Morgan fingerprint density at radius 3 is 2.78 bits per heavy atom. The van der Waals surface area contributed by atoms with Gasteiger partial charge >= 0.3 is 5.69 Å². The molecule has 1 aromatic carbocycles. The van der Waals surface area contributed by atoms with Crippen LogP contribution in [0.2, 0.25) is 0 Å². The minimum absolute atomic E-state index is 0.102. The number of ether oxygens (including phenoxy) is 1. The van der Waals surface area contributed by atoms with Gasteiger partial charge in [0.15, 0.2) is 0 Å². The Labute approximate surface area is 105 Å². The van der Waals surface area contributed by atoms with Crippen molar-refractivity contribution < 1.29 is 14.8 Å². The number of rotatable bonds is 7. The van der Waals surface area contributed by atoms with Crippen molar-refractivity contribution in [3.05, 3.63) is 28.3 Å². The van der Waals surface area contributed by atoms with Gasteiger partial charge in [0.2, 0.25) is 0 Å². The predicted octanol–water partition coefficient (Wildman–Crippen LogP) is 0.622. The lowest BCUT2D eigenvalue weighted by Gasteiger charge is -2.23. The molecule has 0 aromatic heterocycles. The van der Waals surface area contributed by atoms with Crippen LogP contribution in [0.15, 0.2) is 18.2 Å². The maximum atomic E-state index is 11.0. The van der Waals surface area contributed by atoms with Crippen LogP contribution in [0.3, 0.4) is 0 Å². The van der Waals surface area contributed by atoms with Gasteiger partial charge in [-0.2, -0.15) is 0 Å². The van der Waals surface area contributed by atoms with Gasteiger partial charge in [-0.3, -0.25) is 10.1 Å². The van der Waals surface area contributed by atoms with Crippen molar-refractivity contribution >= 4 is 17.1 Å². The van der Waals surface area contributed by atoms with Crippen LogP contribution in [-0.4, -0.2) is 43.4 Å². The van der Waals surface area contributed by atoms with E-state index in [1.54, 1.807) is 24.1 Å². The predicted molar refractivity (Wildman–Crippen MR) is 68.7 cm³/mol. The Morgan fingerprint density at radius 1 is 1.50 bits per heavy atom. The van der Waals surface area contributed by atoms with Crippen LogP contribution >= 0.6 is 0 Å². The zero-order chi connectivity index (χ0) is 13.5. The van der Waals surface area contributed by atoms with E-state index in [1.807, 2.05) is 0 Å². The summed E-state index contributed by atoms with van der Waals surface area (Å²) in [6, 6.07) is 4.74. The Balaban J connectivity index is 3.10. The van der Waals surface area contributed by atoms with Crippen LogP contribution in [0, 0.1) is 10.1 Å². The summed E-state index contributed by atoms with van der Waals surface area (Å²) in [5.41, 5.74) is 5.99. The molecule has 0 aliphatic rings. The average molecular weight is 255 g/mol. The number of nitro groups is 1. The van der Waals surface area contributed by atoms with Crippen LogP contribution in [0.5, 0.6) is 0 Å². The zero-order valence-corrected chi connectivity index (χ0v) is 10.2. The van der Waals surface area contributed by atoms with Gasteiger partial charge < -0.3 is 20.5 Å². The van der Waals surface area contributed by atoms with E-state index in [9.17, 15) is 10.1 Å². The van der Waals surface area contributed by atoms with Gasteiger partial charge in [0.05, 0.1) is 18.1 Å². The van der Waals surface area contributed by atoms with Crippen LogP contribution in [0.25, 0.3) is 0 Å². The van der Waals surface area contributed by atoms with Crippen LogP contribution in [-0.2, 0) is 4.74 Å². The largest absolute Gasteiger partial charge is 0.395 e. The van der Waals surface area contributed by atoms with E-state index in [4.69, 9.17) is 15.6 Å². The molecule has 0 spiro atoms. The van der Waals surface area contributed by atoms with Gasteiger partial charge in [-0.1, -0.05) is 6.07 Å². The molecular weight excluding hydrogens is 238 g/mol. The van der Waals surface area contributed by atoms with Gasteiger partial charge in [0, 0.05) is 20.2 Å². The van der Waals surface area contributed by atoms with Gasteiger partial charge in [-0.25, -0.2) is 0 Å². The average Bonchev–Trinajstić information content (AvgIpc) is 2.33. The lowest BCUT2D eigenvalue weighted by molar-refractivity contribution is -0.383. The summed E-state index contributed by atoms with van der Waals surface area (Å²) < 4.78 is 4.95. The second-order valence-corrected chi connectivity index (χ2v) is 3.68. The van der Waals surface area contributed by atoms with Crippen molar-refractivity contribution in [2.75, 3.05) is 44.0 Å². The first-order valence-electron chi connectivity index (χ1n) is 5.49. The topological polar surface area (TPSA) is 102 Å². The van der Waals surface area contributed by atoms with E-state index >= 15 is 0 Å². The Hall–Kier alpha value is -1.86. The molecular formula is C11H17N3O4. The molecule has 0 atom stereocenters. The van der Waals surface area contributed by atoms with Crippen LogP contribution in [0.1, 0.15) is 0 Å². The maximum absolute atomic E-state index is 11.0. The van der Waals surface area contributed by atoms with E-state index in [1.165, 1.54) is 6.07 Å². The second-order valence-electron chi connectivity index (χ2n) is 3.68. The Bertz CT molecular complexity index is 411. The minimum atomic E-state index is -0.512. The zero-order valence-electron chi connectivity index (χ0n) is 10.2. The lowest BCUT2D eigenvalue weighted by Crippen LogP contribution is -2.30. The molecule has 0 bridgehead atoms. The molecule has 0 unspecified atom stereocenters. The number of nitrogens with two attached hydrogens (primary N) is 1. The first kappa shape index (κ1) is 14.2. The molecule has 1 aromatic rings. The molecule has 1 rings (SSSR count). The number of aliphatic hydroxyl groups excluding tert-OH is 1. The third-order valence-corrected chi connectivity index (χ3v) is 2.50. The summed E-state index contributed by atoms with van der Waals surface area (Å²) in [7, 11) is 1.55. The van der Waals surface area contributed by atoms with E-state index in [0.29, 0.717) is 18.8 Å². The lowest BCUT2D eigenvalue weighted by atomic mass is 10.2. The van der Waals surface area contributed by atoms with Crippen LogP contribution in [0.4, 0.5) is 17.1 Å². The molecule has 0 aliphatic heterocycles. The van der Waals surface area contributed by atoms with Crippen molar-refractivity contribution in [3.8, 4) is 0 Å². The van der Waals surface area contributed by atoms with Gasteiger partial charge in [0.25, 0.3) is 0 Å². The summed E-state index contributed by atoms with van der Waals surface area (Å²) in [5, 5.41) is 20.0. The second kappa shape index (κ2) is 6.77. The number of hydrogen-bond donors (Lipinski definition) is 2. The smallest absolute Gasteiger partial charge is 0.315 e. The minimum Gasteiger partial charge on any atom is -0.395 e. The molecule has 0 radical (unpaired) electrons. The van der Waals surface area contributed by atoms with Gasteiger partial charge in [-0.15, -0.1) is 0 Å². The number of para-hydroxylation sites is 1. The number of benzene rings is 1. The third-order valence-electron chi connectivity index (χ3n) is 2.50. The van der Waals surface area contributed by atoms with Gasteiger partial charge in [-0.05, 0) is 12.1 Å². The summed E-state index contributed by atoms with van der Waals surface area (Å²) in [6.07, 6.45) is 0. The van der Waals surface area contributed by atoms with Crippen molar-refractivity contribution in [1.29, 1.82) is 0 Å². The number of anilines is 2. The highest BCUT2D eigenvalue weighted by molar-refractivity contribution is 5.75. The number of aliphatic hydroxyl groups is 1. The highest BCUT2D eigenvalue weighted by Gasteiger charge is 2.21. The number of methoxy groups -OCH3 is 1. The molecule has 0 amide bonds. The van der Waals surface area contributed by atoms with Crippen molar-refractivity contribution in [2.45, 2.75) is 0 Å². The van der Waals surface area contributed by atoms with Crippen molar-refractivity contribution in [3.63, 3.8) is 0 Å². The molecule has 7 nitrogen and oxygen atoms in total. The number of nitrogens with zero attached hydrogens (tertiary/aromatic N) is 2. The molecule has 100 valence electrons. The van der Waals surface area contributed by atoms with Gasteiger partial charge in [0.1, 0.15) is 11.4 Å². The molecule has 18 heavy (non-hydrogen) atoms. The van der Waals surface area contributed by atoms with Crippen molar-refractivity contribution in [1.82, 2.24) is 0 Å². The molecule has 7 heteroatoms. The molecule has 3 N–H and O–H groups in total. The molecule has 0 fully saturated rings. The summed E-state index contributed by atoms with van der Waals surface area (Å²) in [6.45, 7) is 1.04. The summed E-state index contributed by atoms with van der Waals surface area (Å²) >= 11 is 0. The van der Waals surface area contributed by atoms with E-state index in [2.05, 4.69) is 0 Å². The normalized spacial score (nSPS) is 10.3. The maximum Gasteiger partial charge on any atom is 0.315 e. The third kappa shape index (κ3) is 3.31. The SMILES string of the molecule is COCCN(CCO)c1cccc(N)c1[N+](=O)[O-]. The summed E-state index contributed by atoms with van der Waals surface area (Å²) in [4.78, 5) is 12.2. The monoisotopic (exact) mass is 255 g/mol. The standard InChI is InChI=1S/C11H17N3O4/c1-18-8-6-13(5-7-15)10-4-2-3-9(12)11(10)14(16)17/h2-4,15H,5-8,12H2,1H3. The van der Waals surface area contributed by atoms with E-state index < -0.39 is 4.92 Å². The number of nitrogen functional groups attached to an aromatic ring is 1. The van der Waals surface area contributed by atoms with Crippen molar-refractivity contribution in [2.24, 2.45) is 0 Å². The van der Waals surface area contributed by atoms with E-state index in [0.717, 1.165) is 0 Å². The Morgan fingerprint density at radius 2 is 2.22 bits per heavy atom. The quantitative estimate of drug-likeness (QED) is 0.421. The highest BCUT2D eigenvalue weighted by Crippen LogP contribution is 2.33. The van der Waals surface area contributed by atoms with Crippen LogP contribution < -0.4 is 10.6 Å². The fourth-order valence-corrected chi connectivity index (χ4v) is 1.68. The fraction of sp³-hybridized carbons (Fsp3) is 0.455. The van der Waals surface area contributed by atoms with E-state index in [-0.39, 0.29) is 24.5 Å². The first-order chi connectivity index (χ1) is 8.61. The molecule has 0 saturated carbocycles. The Kier molecular flexibility index (Phi) is 5.34. The molecule has 0 saturated heterocycles. The highest BCUT2D eigenvalue weighted by atomic mass is 16.6.